The number of halogens is 2. The summed E-state index contributed by atoms with van der Waals surface area (Å²) in [6.45, 7) is 2.45. The van der Waals surface area contributed by atoms with E-state index in [2.05, 4.69) is 31.2 Å². The molecular weight excluding hydrogens is 839 g/mol. The second-order valence-electron chi connectivity index (χ2n) is 16.6. The van der Waals surface area contributed by atoms with Crippen LogP contribution in [0.15, 0.2) is 36.4 Å². The number of nitrogens with one attached hydrogen (secondary N) is 6. The molecule has 0 aliphatic carbocycles. The molecule has 4 amide bonds. The number of aliphatic hydroxyl groups excluding tert-OH is 4. The number of benzene rings is 2. The molecule has 20 heteroatoms. The molecule has 2 fully saturated rings. The van der Waals surface area contributed by atoms with E-state index in [-0.39, 0.29) is 38.8 Å². The molecule has 10 atom stereocenters. The summed E-state index contributed by atoms with van der Waals surface area (Å²) in [6, 6.07) is 2.28. The number of hydrogen-bond acceptors (Lipinski definition) is 12. The summed E-state index contributed by atoms with van der Waals surface area (Å²) < 4.78 is 40.8. The molecule has 4 aromatic rings. The van der Waals surface area contributed by atoms with Crippen molar-refractivity contribution in [3.8, 4) is 11.4 Å². The Morgan fingerprint density at radius 3 is 1.41 bits per heavy atom. The standard InChI is InChI=1S/C44H60F2N8O10/c1-21(63-5)37(51-41(59)31(19-55)47-3)43(61)53-13-11-35(57)33(53)17-27-25-9-7-23(45)15-29(25)49-39(27)40-28(26-10-8-24(46)16-30(26)50-40)18-34-36(58)12-14-54(34)44(62)38(22(2)64-6)52-42(60)32(20-56)48-4/h7-10,15-16,21-22,31-38,47-50,55-58H,11-14,17-20H2,1-6H3,(H,51,59)(H,52,60)/t21-,22-,31+,32+,33+,34+,35-,36-,37+,38+/m1/s1. The van der Waals surface area contributed by atoms with Crippen LogP contribution in [0.5, 0.6) is 0 Å². The average Bonchev–Trinajstić information content (AvgIpc) is 4.04. The molecule has 4 heterocycles. The molecule has 350 valence electrons. The molecule has 0 spiro atoms. The fourth-order valence-electron chi connectivity index (χ4n) is 8.95. The fourth-order valence-corrected chi connectivity index (χ4v) is 8.95. The summed E-state index contributed by atoms with van der Waals surface area (Å²) in [5.74, 6) is -3.38. The van der Waals surface area contributed by atoms with Crippen LogP contribution in [0.3, 0.4) is 0 Å². The van der Waals surface area contributed by atoms with E-state index in [1.807, 2.05) is 0 Å². The van der Waals surface area contributed by atoms with E-state index in [4.69, 9.17) is 9.47 Å². The van der Waals surface area contributed by atoms with Gasteiger partial charge in [0.05, 0.1) is 61.1 Å². The third-order valence-corrected chi connectivity index (χ3v) is 12.9. The first-order valence-corrected chi connectivity index (χ1v) is 21.4. The molecule has 2 saturated heterocycles. The smallest absolute Gasteiger partial charge is 0.248 e. The SMILES string of the molecule is CN[C@@H](CO)C(=O)N[C@H](C(=O)N1CC[C@@H](O)[C@@H]1Cc1c(-c2[nH]c3cc(F)ccc3c2C[C@H]2[C@H](O)CCN2C(=O)[C@@H](NC(=O)[C@H](CO)NC)[C@@H](C)OC)[nH]c2cc(F)ccc12)[C@@H](C)OC. The Hall–Kier alpha value is -5.06. The molecule has 2 aromatic heterocycles. The maximum Gasteiger partial charge on any atom is 0.248 e. The van der Waals surface area contributed by atoms with Crippen LogP contribution < -0.4 is 21.3 Å². The summed E-state index contributed by atoms with van der Waals surface area (Å²) in [5.41, 5.74) is 2.78. The van der Waals surface area contributed by atoms with Crippen LogP contribution in [0.25, 0.3) is 33.2 Å². The third-order valence-electron chi connectivity index (χ3n) is 12.9. The minimum absolute atomic E-state index is 0.0310. The van der Waals surface area contributed by atoms with E-state index in [0.29, 0.717) is 44.3 Å². The number of rotatable bonds is 19. The number of carbonyl (C=O) groups is 4. The zero-order valence-corrected chi connectivity index (χ0v) is 36.8. The van der Waals surface area contributed by atoms with E-state index in [1.165, 1.54) is 62.4 Å². The van der Waals surface area contributed by atoms with Crippen molar-refractivity contribution >= 4 is 45.4 Å². The van der Waals surface area contributed by atoms with Crippen molar-refractivity contribution in [3.63, 3.8) is 0 Å². The van der Waals surface area contributed by atoms with E-state index < -0.39 is 109 Å². The van der Waals surface area contributed by atoms with Crippen molar-refractivity contribution in [1.29, 1.82) is 0 Å². The van der Waals surface area contributed by atoms with Gasteiger partial charge in [0.1, 0.15) is 35.8 Å². The lowest BCUT2D eigenvalue weighted by Crippen LogP contribution is -2.59. The van der Waals surface area contributed by atoms with Crippen LogP contribution in [0.1, 0.15) is 37.8 Å². The number of carbonyl (C=O) groups excluding carboxylic acids is 4. The van der Waals surface area contributed by atoms with Gasteiger partial charge in [0, 0.05) is 49.1 Å². The van der Waals surface area contributed by atoms with Gasteiger partial charge in [-0.3, -0.25) is 19.2 Å². The first kappa shape index (κ1) is 48.4. The average molecular weight is 899 g/mol. The van der Waals surface area contributed by atoms with Gasteiger partial charge < -0.3 is 70.9 Å². The van der Waals surface area contributed by atoms with Crippen LogP contribution >= 0.6 is 0 Å². The number of H-pyrrole nitrogens is 2. The van der Waals surface area contributed by atoms with E-state index in [1.54, 1.807) is 26.0 Å². The molecule has 0 bridgehead atoms. The monoisotopic (exact) mass is 898 g/mol. The number of aliphatic hydroxyl groups is 4. The number of likely N-dealkylation sites (tertiary alicyclic amines) is 2. The van der Waals surface area contributed by atoms with Gasteiger partial charge in [0.25, 0.3) is 0 Å². The molecule has 0 radical (unpaired) electrons. The zero-order chi connectivity index (χ0) is 46.6. The minimum Gasteiger partial charge on any atom is -0.394 e. The zero-order valence-electron chi connectivity index (χ0n) is 36.8. The second kappa shape index (κ2) is 20.8. The first-order chi connectivity index (χ1) is 30.6. The number of hydrogen-bond donors (Lipinski definition) is 10. The molecule has 10 N–H and O–H groups in total. The number of amides is 4. The van der Waals surface area contributed by atoms with Crippen LogP contribution in [0.2, 0.25) is 0 Å². The van der Waals surface area contributed by atoms with Gasteiger partial charge in [0.2, 0.25) is 23.6 Å². The van der Waals surface area contributed by atoms with Gasteiger partial charge >= 0.3 is 0 Å². The van der Waals surface area contributed by atoms with Gasteiger partial charge in [-0.2, -0.15) is 0 Å². The Labute approximate surface area is 369 Å². The van der Waals surface area contributed by atoms with Crippen molar-refractivity contribution in [2.75, 3.05) is 54.6 Å². The number of aromatic nitrogens is 2. The van der Waals surface area contributed by atoms with Crippen LogP contribution in [-0.2, 0) is 41.5 Å². The molecule has 18 nitrogen and oxygen atoms in total. The van der Waals surface area contributed by atoms with Gasteiger partial charge in [0.15, 0.2) is 0 Å². The predicted octanol–water partition coefficient (Wildman–Crippen LogP) is -0.197. The van der Waals surface area contributed by atoms with Gasteiger partial charge in [-0.25, -0.2) is 8.78 Å². The van der Waals surface area contributed by atoms with Crippen molar-refractivity contribution in [2.45, 2.75) is 100 Å². The Bertz CT molecular complexity index is 2140. The van der Waals surface area contributed by atoms with Gasteiger partial charge in [-0.05, 0) is 101 Å². The molecule has 6 rings (SSSR count). The van der Waals surface area contributed by atoms with E-state index in [0.717, 1.165) is 0 Å². The number of fused-ring (bicyclic) bond motifs is 2. The lowest BCUT2D eigenvalue weighted by molar-refractivity contribution is -0.142. The number of aromatic amines is 2. The highest BCUT2D eigenvalue weighted by Gasteiger charge is 2.44. The minimum atomic E-state index is -1.19. The summed E-state index contributed by atoms with van der Waals surface area (Å²) in [6.07, 6.45) is -3.18. The van der Waals surface area contributed by atoms with Gasteiger partial charge in [-0.1, -0.05) is 0 Å². The Morgan fingerprint density at radius 1 is 0.703 bits per heavy atom. The second-order valence-corrected chi connectivity index (χ2v) is 16.6. The Morgan fingerprint density at radius 2 is 1.08 bits per heavy atom. The van der Waals surface area contributed by atoms with E-state index >= 15 is 0 Å². The molecule has 2 aliphatic rings. The molecule has 2 aromatic carbocycles. The molecular formula is C44H60F2N8O10. The number of methoxy groups -OCH3 is 2. The topological polar surface area (TPSA) is 254 Å². The normalized spacial score (nSPS) is 21.8. The summed E-state index contributed by atoms with van der Waals surface area (Å²) in [5, 5.41) is 54.5. The maximum atomic E-state index is 14.9. The van der Waals surface area contributed by atoms with E-state index in [9.17, 15) is 48.4 Å². The molecule has 0 unspecified atom stereocenters. The lowest BCUT2D eigenvalue weighted by atomic mass is 9.93. The highest BCUT2D eigenvalue weighted by atomic mass is 19.1. The quantitative estimate of drug-likeness (QED) is 0.0588. The summed E-state index contributed by atoms with van der Waals surface area (Å²) >= 11 is 0. The van der Waals surface area contributed by atoms with Gasteiger partial charge in [-0.15, -0.1) is 0 Å². The van der Waals surface area contributed by atoms with Crippen LogP contribution in [0.4, 0.5) is 8.78 Å². The largest absolute Gasteiger partial charge is 0.394 e. The highest BCUT2D eigenvalue weighted by Crippen LogP contribution is 2.40. The number of ether oxygens (including phenoxy) is 2. The molecule has 64 heavy (non-hydrogen) atoms. The number of likely N-dealkylation sites (N-methyl/N-ethyl adjacent to an activating group) is 2. The predicted molar refractivity (Wildman–Crippen MR) is 232 cm³/mol. The molecule has 2 aliphatic heterocycles. The Kier molecular flexibility index (Phi) is 15.8. The lowest BCUT2D eigenvalue weighted by Gasteiger charge is -2.33. The molecule has 0 saturated carbocycles. The highest BCUT2D eigenvalue weighted by molar-refractivity contribution is 5.97. The van der Waals surface area contributed by atoms with Crippen molar-refractivity contribution in [1.82, 2.24) is 41.0 Å². The third kappa shape index (κ3) is 9.79. The Balaban J connectivity index is 1.42. The van der Waals surface area contributed by atoms with Crippen molar-refractivity contribution < 1.29 is 57.9 Å². The van der Waals surface area contributed by atoms with Crippen molar-refractivity contribution in [3.05, 3.63) is 59.2 Å². The van der Waals surface area contributed by atoms with Crippen LogP contribution in [0, 0.1) is 11.6 Å². The first-order valence-electron chi connectivity index (χ1n) is 21.4. The fraction of sp³-hybridized carbons (Fsp3) is 0.545. The maximum absolute atomic E-state index is 14.9. The van der Waals surface area contributed by atoms with Crippen molar-refractivity contribution in [2.24, 2.45) is 0 Å². The summed E-state index contributed by atoms with van der Waals surface area (Å²) in [4.78, 5) is 64.6. The number of nitrogens with zero attached hydrogens (tertiary/aromatic N) is 2. The van der Waals surface area contributed by atoms with Crippen LogP contribution in [-0.4, -0.2) is 179 Å². The summed E-state index contributed by atoms with van der Waals surface area (Å²) in [7, 11) is 5.78.